The molecule has 0 spiro atoms. The number of piperidine rings is 1. The van der Waals surface area contributed by atoms with Gasteiger partial charge in [-0.05, 0) is 32.3 Å². The molecule has 0 saturated carbocycles. The summed E-state index contributed by atoms with van der Waals surface area (Å²) in [6, 6.07) is 2.29. The van der Waals surface area contributed by atoms with Gasteiger partial charge >= 0.3 is 0 Å². The summed E-state index contributed by atoms with van der Waals surface area (Å²) in [5, 5.41) is 26.1. The first-order chi connectivity index (χ1) is 10.6. The normalized spacial score (nSPS) is 18.3. The quantitative estimate of drug-likeness (QED) is 0.835. The summed E-state index contributed by atoms with van der Waals surface area (Å²) in [5.74, 6) is 1.98. The molecule has 2 aromatic rings. The first kappa shape index (κ1) is 14.4. The highest BCUT2D eigenvalue weighted by atomic mass is 15.3. The molecule has 1 saturated heterocycles. The third kappa shape index (κ3) is 2.41. The van der Waals surface area contributed by atoms with Crippen molar-refractivity contribution in [3.8, 4) is 6.07 Å². The van der Waals surface area contributed by atoms with Gasteiger partial charge in [-0.25, -0.2) is 0 Å². The maximum atomic E-state index is 9.48. The van der Waals surface area contributed by atoms with E-state index in [9.17, 15) is 5.26 Å². The smallest absolute Gasteiger partial charge is 0.169 e. The van der Waals surface area contributed by atoms with Crippen LogP contribution in [0.4, 0.5) is 5.82 Å². The van der Waals surface area contributed by atoms with E-state index in [0.29, 0.717) is 17.3 Å². The number of nitrogens with zero attached hydrogens (tertiary/aromatic N) is 7. The number of aromatic nitrogens is 5. The second-order valence-electron chi connectivity index (χ2n) is 5.81. The molecule has 0 aromatic carbocycles. The lowest BCUT2D eigenvalue weighted by Gasteiger charge is -2.33. The van der Waals surface area contributed by atoms with Crippen molar-refractivity contribution in [2.24, 2.45) is 7.05 Å². The molecule has 1 aliphatic heterocycles. The van der Waals surface area contributed by atoms with Gasteiger partial charge in [0.1, 0.15) is 23.8 Å². The monoisotopic (exact) mass is 297 g/mol. The Kier molecular flexibility index (Phi) is 3.75. The lowest BCUT2D eigenvalue weighted by molar-refractivity contribution is 0.476. The molecule has 2 aromatic heterocycles. The summed E-state index contributed by atoms with van der Waals surface area (Å²) < 4.78 is 1.96. The predicted octanol–water partition coefficient (Wildman–Crippen LogP) is 1.48. The topological polar surface area (TPSA) is 83.5 Å². The van der Waals surface area contributed by atoms with Gasteiger partial charge in [0, 0.05) is 26.1 Å². The van der Waals surface area contributed by atoms with Crippen molar-refractivity contribution in [2.75, 3.05) is 18.0 Å². The van der Waals surface area contributed by atoms with E-state index in [0.717, 1.165) is 43.0 Å². The van der Waals surface area contributed by atoms with Crippen LogP contribution in [0.2, 0.25) is 0 Å². The zero-order valence-corrected chi connectivity index (χ0v) is 13.1. The van der Waals surface area contributed by atoms with Crippen molar-refractivity contribution in [1.29, 1.82) is 5.26 Å². The number of aryl methyl sites for hydroxylation is 2. The fraction of sp³-hybridized carbons (Fsp3) is 0.533. The molecule has 114 valence electrons. The van der Waals surface area contributed by atoms with E-state index in [-0.39, 0.29) is 0 Å². The molecule has 0 radical (unpaired) electrons. The second-order valence-corrected chi connectivity index (χ2v) is 5.81. The summed E-state index contributed by atoms with van der Waals surface area (Å²) in [5.41, 5.74) is 2.35. The molecule has 3 rings (SSSR count). The van der Waals surface area contributed by atoms with Crippen LogP contribution < -0.4 is 4.90 Å². The van der Waals surface area contributed by atoms with Crippen LogP contribution in [0, 0.1) is 25.2 Å². The van der Waals surface area contributed by atoms with E-state index in [2.05, 4.69) is 31.4 Å². The van der Waals surface area contributed by atoms with Crippen LogP contribution in [0.5, 0.6) is 0 Å². The van der Waals surface area contributed by atoms with Gasteiger partial charge in [0.05, 0.1) is 5.69 Å². The van der Waals surface area contributed by atoms with Gasteiger partial charge in [0.25, 0.3) is 0 Å². The largest absolute Gasteiger partial charge is 0.353 e. The number of nitriles is 1. The average molecular weight is 297 g/mol. The lowest BCUT2D eigenvalue weighted by atomic mass is 9.96. The molecule has 22 heavy (non-hydrogen) atoms. The predicted molar refractivity (Wildman–Crippen MR) is 81.4 cm³/mol. The number of hydrogen-bond donors (Lipinski definition) is 0. The van der Waals surface area contributed by atoms with Crippen LogP contribution in [0.15, 0.2) is 6.33 Å². The van der Waals surface area contributed by atoms with Crippen molar-refractivity contribution in [2.45, 2.75) is 32.6 Å². The molecule has 0 bridgehead atoms. The van der Waals surface area contributed by atoms with Gasteiger partial charge in [-0.1, -0.05) is 0 Å². The third-order valence-corrected chi connectivity index (χ3v) is 4.38. The molecule has 7 heteroatoms. The molecule has 1 atom stereocenters. The summed E-state index contributed by atoms with van der Waals surface area (Å²) in [7, 11) is 1.96. The maximum absolute atomic E-state index is 9.48. The van der Waals surface area contributed by atoms with Crippen LogP contribution in [0.25, 0.3) is 0 Å². The Balaban J connectivity index is 1.92. The van der Waals surface area contributed by atoms with Crippen molar-refractivity contribution < 1.29 is 0 Å². The molecule has 0 aliphatic carbocycles. The van der Waals surface area contributed by atoms with E-state index >= 15 is 0 Å². The second kappa shape index (κ2) is 5.72. The molecule has 0 N–H and O–H groups in total. The van der Waals surface area contributed by atoms with E-state index in [1.165, 1.54) is 0 Å². The Morgan fingerprint density at radius 1 is 1.27 bits per heavy atom. The fourth-order valence-corrected chi connectivity index (χ4v) is 2.99. The zero-order valence-electron chi connectivity index (χ0n) is 13.1. The molecule has 7 nitrogen and oxygen atoms in total. The van der Waals surface area contributed by atoms with Gasteiger partial charge in [-0.3, -0.25) is 0 Å². The molecule has 1 fully saturated rings. The highest BCUT2D eigenvalue weighted by Crippen LogP contribution is 2.30. The zero-order chi connectivity index (χ0) is 15.7. The Bertz CT molecular complexity index is 728. The maximum Gasteiger partial charge on any atom is 0.169 e. The molecule has 0 unspecified atom stereocenters. The van der Waals surface area contributed by atoms with Crippen LogP contribution in [-0.2, 0) is 7.05 Å². The van der Waals surface area contributed by atoms with Crippen LogP contribution in [0.1, 0.15) is 41.4 Å². The average Bonchev–Trinajstić information content (AvgIpc) is 2.96. The first-order valence-electron chi connectivity index (χ1n) is 7.44. The van der Waals surface area contributed by atoms with Crippen molar-refractivity contribution in [1.82, 2.24) is 25.0 Å². The Morgan fingerprint density at radius 3 is 2.77 bits per heavy atom. The summed E-state index contributed by atoms with van der Waals surface area (Å²) in [6.07, 6.45) is 3.84. The van der Waals surface area contributed by atoms with E-state index < -0.39 is 0 Å². The highest BCUT2D eigenvalue weighted by Gasteiger charge is 2.27. The highest BCUT2D eigenvalue weighted by molar-refractivity contribution is 5.57. The molecule has 0 amide bonds. The van der Waals surface area contributed by atoms with E-state index in [4.69, 9.17) is 0 Å². The Labute approximate surface area is 129 Å². The minimum Gasteiger partial charge on any atom is -0.353 e. The Morgan fingerprint density at radius 2 is 2.09 bits per heavy atom. The van der Waals surface area contributed by atoms with Crippen LogP contribution >= 0.6 is 0 Å². The van der Waals surface area contributed by atoms with Crippen molar-refractivity contribution in [3.05, 3.63) is 29.0 Å². The van der Waals surface area contributed by atoms with Crippen LogP contribution in [-0.4, -0.2) is 38.1 Å². The minimum absolute atomic E-state index is 0.302. The summed E-state index contributed by atoms with van der Waals surface area (Å²) in [4.78, 5) is 2.15. The molecular weight excluding hydrogens is 278 g/mol. The van der Waals surface area contributed by atoms with E-state index in [1.807, 2.05) is 25.5 Å². The summed E-state index contributed by atoms with van der Waals surface area (Å²) in [6.45, 7) is 5.49. The lowest BCUT2D eigenvalue weighted by Crippen LogP contribution is -2.36. The number of rotatable bonds is 2. The molecular formula is C15H19N7. The Hall–Kier alpha value is -2.49. The number of hydrogen-bond acceptors (Lipinski definition) is 6. The van der Waals surface area contributed by atoms with Gasteiger partial charge in [-0.2, -0.15) is 10.4 Å². The van der Waals surface area contributed by atoms with Gasteiger partial charge in [-0.15, -0.1) is 15.3 Å². The SMILES string of the molecule is Cc1nnc(N2CCC[C@@H](c3nncn3C)C2)c(C#N)c1C. The number of anilines is 1. The van der Waals surface area contributed by atoms with Gasteiger partial charge < -0.3 is 9.47 Å². The van der Waals surface area contributed by atoms with E-state index in [1.54, 1.807) is 6.33 Å². The third-order valence-electron chi connectivity index (χ3n) is 4.38. The minimum atomic E-state index is 0.302. The van der Waals surface area contributed by atoms with Crippen molar-refractivity contribution >= 4 is 5.82 Å². The molecule has 3 heterocycles. The van der Waals surface area contributed by atoms with Gasteiger partial charge in [0.2, 0.25) is 0 Å². The summed E-state index contributed by atoms with van der Waals surface area (Å²) >= 11 is 0. The van der Waals surface area contributed by atoms with Crippen molar-refractivity contribution in [3.63, 3.8) is 0 Å². The van der Waals surface area contributed by atoms with Gasteiger partial charge in [0.15, 0.2) is 5.82 Å². The van der Waals surface area contributed by atoms with Crippen LogP contribution in [0.3, 0.4) is 0 Å². The standard InChI is InChI=1S/C15H19N7/c1-10-11(2)18-20-15(13(10)7-16)22-6-4-5-12(8-22)14-19-17-9-21(14)3/h9,12H,4-6,8H2,1-3H3/t12-/m1/s1. The first-order valence-corrected chi connectivity index (χ1v) is 7.44. The fourth-order valence-electron chi connectivity index (χ4n) is 2.99. The molecule has 1 aliphatic rings.